The second-order valence-electron chi connectivity index (χ2n) is 3.07. The molecule has 0 unspecified atom stereocenters. The Morgan fingerprint density at radius 1 is 1.35 bits per heavy atom. The van der Waals surface area contributed by atoms with Crippen molar-refractivity contribution in [2.24, 2.45) is 5.73 Å². The maximum atomic E-state index is 10.9. The third kappa shape index (κ3) is 2.36. The molecule has 2 N–H and O–H groups in total. The van der Waals surface area contributed by atoms with Gasteiger partial charge in [-0.05, 0) is 15.9 Å². The fourth-order valence-electron chi connectivity index (χ4n) is 1.08. The van der Waals surface area contributed by atoms with Crippen molar-refractivity contribution in [3.8, 4) is 5.95 Å². The van der Waals surface area contributed by atoms with Crippen molar-refractivity contribution in [2.75, 3.05) is 0 Å². The lowest BCUT2D eigenvalue weighted by molar-refractivity contribution is -0.112. The van der Waals surface area contributed by atoms with Crippen molar-refractivity contribution in [2.45, 2.75) is 0 Å². The lowest BCUT2D eigenvalue weighted by Gasteiger charge is -2.01. The Labute approximate surface area is 105 Å². The van der Waals surface area contributed by atoms with E-state index in [1.807, 2.05) is 0 Å². The first-order chi connectivity index (χ1) is 8.08. The number of nitrogens with two attached hydrogens (primary N) is 1. The highest BCUT2D eigenvalue weighted by Gasteiger charge is 2.08. The molecule has 2 heterocycles. The van der Waals surface area contributed by atoms with Gasteiger partial charge in [-0.15, -0.1) is 5.10 Å². The average molecular weight is 295 g/mol. The van der Waals surface area contributed by atoms with Crippen LogP contribution in [0.1, 0.15) is 5.56 Å². The minimum atomic E-state index is -0.607. The van der Waals surface area contributed by atoms with Crippen molar-refractivity contribution in [3.05, 3.63) is 35.6 Å². The molecule has 17 heavy (non-hydrogen) atoms. The highest BCUT2D eigenvalue weighted by atomic mass is 79.9. The topological polar surface area (TPSA) is 99.6 Å². The summed E-state index contributed by atoms with van der Waals surface area (Å²) in [6.07, 6.45) is 4.36. The summed E-state index contributed by atoms with van der Waals surface area (Å²) in [7, 11) is 0. The van der Waals surface area contributed by atoms with E-state index in [9.17, 15) is 4.79 Å². The van der Waals surface area contributed by atoms with E-state index in [-0.39, 0.29) is 5.57 Å². The maximum absolute atomic E-state index is 10.9. The molecular formula is C9H7BrN6O. The van der Waals surface area contributed by atoms with E-state index < -0.39 is 5.91 Å². The van der Waals surface area contributed by atoms with Gasteiger partial charge in [0, 0.05) is 23.5 Å². The van der Waals surface area contributed by atoms with E-state index in [1.165, 1.54) is 23.4 Å². The van der Waals surface area contributed by atoms with Crippen LogP contribution in [0.5, 0.6) is 0 Å². The summed E-state index contributed by atoms with van der Waals surface area (Å²) in [4.78, 5) is 22.8. The summed E-state index contributed by atoms with van der Waals surface area (Å²) < 4.78 is 1.83. The van der Waals surface area contributed by atoms with Crippen LogP contribution in [0.25, 0.3) is 11.5 Å². The number of primary amides is 1. The Morgan fingerprint density at radius 2 is 2.00 bits per heavy atom. The number of carbonyl (C=O) groups excluding carboxylic acids is 1. The number of aromatic nitrogens is 5. The Hall–Kier alpha value is -2.09. The van der Waals surface area contributed by atoms with Gasteiger partial charge >= 0.3 is 0 Å². The normalized spacial score (nSPS) is 10.2. The van der Waals surface area contributed by atoms with Gasteiger partial charge in [-0.3, -0.25) is 4.79 Å². The van der Waals surface area contributed by atoms with E-state index in [0.29, 0.717) is 16.2 Å². The number of carbonyl (C=O) groups is 1. The molecule has 0 aliphatic rings. The first kappa shape index (κ1) is 11.4. The van der Waals surface area contributed by atoms with Crippen LogP contribution >= 0.6 is 15.9 Å². The van der Waals surface area contributed by atoms with Crippen molar-refractivity contribution in [3.63, 3.8) is 0 Å². The van der Waals surface area contributed by atoms with Crippen LogP contribution in [0, 0.1) is 0 Å². The number of rotatable bonds is 3. The predicted molar refractivity (Wildman–Crippen MR) is 62.9 cm³/mol. The molecule has 2 aromatic heterocycles. The molecule has 86 valence electrons. The predicted octanol–water partition coefficient (Wildman–Crippen LogP) is 0.318. The monoisotopic (exact) mass is 294 g/mol. The Morgan fingerprint density at radius 3 is 2.47 bits per heavy atom. The minimum absolute atomic E-state index is 0.163. The molecule has 0 aliphatic heterocycles. The smallest absolute Gasteiger partial charge is 0.252 e. The number of hydrogen-bond donors (Lipinski definition) is 1. The summed E-state index contributed by atoms with van der Waals surface area (Å²) in [5.41, 5.74) is 5.73. The summed E-state index contributed by atoms with van der Waals surface area (Å²) in [5, 5.41) is 3.97. The van der Waals surface area contributed by atoms with Gasteiger partial charge in [0.15, 0.2) is 0 Å². The molecule has 0 spiro atoms. The Bertz CT molecular complexity index is 575. The van der Waals surface area contributed by atoms with E-state index in [4.69, 9.17) is 5.73 Å². The zero-order valence-corrected chi connectivity index (χ0v) is 10.1. The van der Waals surface area contributed by atoms with Crippen LogP contribution in [0.4, 0.5) is 0 Å². The zero-order chi connectivity index (χ0) is 12.4. The Kier molecular flexibility index (Phi) is 2.96. The summed E-state index contributed by atoms with van der Waals surface area (Å²) >= 11 is 3.11. The molecule has 0 atom stereocenters. The molecule has 0 radical (unpaired) electrons. The highest BCUT2D eigenvalue weighted by molar-refractivity contribution is 9.10. The van der Waals surface area contributed by atoms with Crippen molar-refractivity contribution in [1.82, 2.24) is 24.7 Å². The molecule has 0 aliphatic carbocycles. The number of nitrogens with zero attached hydrogens (tertiary/aromatic N) is 5. The third-order valence-electron chi connectivity index (χ3n) is 1.95. The third-order valence-corrected chi connectivity index (χ3v) is 2.32. The van der Waals surface area contributed by atoms with Gasteiger partial charge in [-0.1, -0.05) is 6.58 Å². The highest BCUT2D eigenvalue weighted by Crippen LogP contribution is 2.10. The molecule has 8 heteroatoms. The van der Waals surface area contributed by atoms with Gasteiger partial charge in [0.05, 0.1) is 0 Å². The van der Waals surface area contributed by atoms with Crippen molar-refractivity contribution >= 4 is 27.4 Å². The maximum Gasteiger partial charge on any atom is 0.252 e. The summed E-state index contributed by atoms with van der Waals surface area (Å²) in [6, 6.07) is 0. The number of amides is 1. The van der Waals surface area contributed by atoms with Gasteiger partial charge in [0.2, 0.25) is 10.6 Å². The molecule has 1 amide bonds. The van der Waals surface area contributed by atoms with Gasteiger partial charge in [0.1, 0.15) is 6.33 Å². The first-order valence-corrected chi connectivity index (χ1v) is 5.26. The summed E-state index contributed by atoms with van der Waals surface area (Å²) in [5.74, 6) is -0.269. The second-order valence-corrected chi connectivity index (χ2v) is 3.78. The molecule has 0 aromatic carbocycles. The van der Waals surface area contributed by atoms with E-state index in [0.717, 1.165) is 0 Å². The first-order valence-electron chi connectivity index (χ1n) is 4.46. The standard InChI is InChI=1S/C9H7BrN6O/c1-5(7(11)17)6-2-12-9(13-3-6)16-4-14-8(10)15-16/h2-4H,1H2,(H2,11,17). The molecule has 2 rings (SSSR count). The van der Waals surface area contributed by atoms with E-state index in [1.54, 1.807) is 0 Å². The van der Waals surface area contributed by atoms with Gasteiger partial charge < -0.3 is 5.73 Å². The van der Waals surface area contributed by atoms with Crippen LogP contribution in [0.15, 0.2) is 30.0 Å². The SMILES string of the molecule is C=C(C(N)=O)c1cnc(-n2cnc(Br)n2)nc1. The van der Waals surface area contributed by atoms with Crippen LogP contribution in [0.3, 0.4) is 0 Å². The molecular weight excluding hydrogens is 288 g/mol. The fourth-order valence-corrected chi connectivity index (χ4v) is 1.34. The van der Waals surface area contributed by atoms with Crippen LogP contribution in [0.2, 0.25) is 0 Å². The lowest BCUT2D eigenvalue weighted by atomic mass is 10.1. The fraction of sp³-hybridized carbons (Fsp3) is 0. The van der Waals surface area contributed by atoms with E-state index in [2.05, 4.69) is 42.6 Å². The number of halogens is 1. The molecule has 0 bridgehead atoms. The molecule has 2 aromatic rings. The minimum Gasteiger partial charge on any atom is -0.366 e. The molecule has 0 fully saturated rings. The quantitative estimate of drug-likeness (QED) is 0.822. The van der Waals surface area contributed by atoms with Crippen LogP contribution < -0.4 is 5.73 Å². The Balaban J connectivity index is 2.30. The van der Waals surface area contributed by atoms with Crippen molar-refractivity contribution < 1.29 is 4.79 Å². The van der Waals surface area contributed by atoms with Gasteiger partial charge in [-0.25, -0.2) is 15.0 Å². The molecule has 7 nitrogen and oxygen atoms in total. The average Bonchev–Trinajstić information content (AvgIpc) is 2.75. The lowest BCUT2D eigenvalue weighted by Crippen LogP contribution is -2.12. The van der Waals surface area contributed by atoms with Gasteiger partial charge in [-0.2, -0.15) is 4.68 Å². The molecule has 0 saturated heterocycles. The largest absolute Gasteiger partial charge is 0.366 e. The van der Waals surface area contributed by atoms with Crippen LogP contribution in [-0.2, 0) is 4.79 Å². The van der Waals surface area contributed by atoms with Gasteiger partial charge in [0.25, 0.3) is 5.95 Å². The number of hydrogen-bond acceptors (Lipinski definition) is 5. The zero-order valence-electron chi connectivity index (χ0n) is 8.54. The van der Waals surface area contributed by atoms with E-state index >= 15 is 0 Å². The molecule has 0 saturated carbocycles. The van der Waals surface area contributed by atoms with Crippen molar-refractivity contribution in [1.29, 1.82) is 0 Å². The summed E-state index contributed by atoms with van der Waals surface area (Å²) in [6.45, 7) is 3.53. The second kappa shape index (κ2) is 4.42. The van der Waals surface area contributed by atoms with Crippen LogP contribution in [-0.4, -0.2) is 30.6 Å².